The average molecular weight is 323 g/mol. The van der Waals surface area contributed by atoms with Gasteiger partial charge in [0.1, 0.15) is 12.1 Å². The minimum absolute atomic E-state index is 0.0171. The van der Waals surface area contributed by atoms with Gasteiger partial charge in [-0.2, -0.15) is 0 Å². The Morgan fingerprint density at radius 1 is 1.29 bits per heavy atom. The topological polar surface area (TPSA) is 62.2 Å². The standard InChI is InChI=1S/C18H21N5O/c1-13-4-3-8-23(13)17-15-6-9-22(11-16(15)20-12-21-17)18(24)14-5-2-7-19-10-14/h2,5,7,10,12-13H,3-4,6,8-9,11H2,1H3/t13-/m1/s1. The number of carbonyl (C=O) groups is 1. The van der Waals surface area contributed by atoms with Gasteiger partial charge >= 0.3 is 0 Å². The number of carbonyl (C=O) groups excluding carboxylic acids is 1. The van der Waals surface area contributed by atoms with E-state index in [9.17, 15) is 4.79 Å². The Bertz CT molecular complexity index is 748. The molecule has 0 spiro atoms. The fourth-order valence-electron chi connectivity index (χ4n) is 3.68. The highest BCUT2D eigenvalue weighted by molar-refractivity contribution is 5.94. The Kier molecular flexibility index (Phi) is 3.88. The number of aromatic nitrogens is 3. The molecule has 1 amide bonds. The first kappa shape index (κ1) is 15.1. The summed E-state index contributed by atoms with van der Waals surface area (Å²) < 4.78 is 0. The number of hydrogen-bond acceptors (Lipinski definition) is 5. The smallest absolute Gasteiger partial charge is 0.255 e. The Morgan fingerprint density at radius 3 is 2.96 bits per heavy atom. The third-order valence-corrected chi connectivity index (χ3v) is 5.00. The van der Waals surface area contributed by atoms with E-state index in [0.29, 0.717) is 24.7 Å². The summed E-state index contributed by atoms with van der Waals surface area (Å²) in [7, 11) is 0. The number of fused-ring (bicyclic) bond motifs is 1. The van der Waals surface area contributed by atoms with Crippen molar-refractivity contribution >= 4 is 11.7 Å². The van der Waals surface area contributed by atoms with E-state index >= 15 is 0 Å². The zero-order valence-electron chi connectivity index (χ0n) is 13.9. The number of hydrogen-bond donors (Lipinski definition) is 0. The molecule has 2 aliphatic rings. The maximum Gasteiger partial charge on any atom is 0.255 e. The van der Waals surface area contributed by atoms with Crippen molar-refractivity contribution in [1.29, 1.82) is 0 Å². The molecule has 124 valence electrons. The van der Waals surface area contributed by atoms with E-state index in [4.69, 9.17) is 0 Å². The van der Waals surface area contributed by atoms with Gasteiger partial charge in [0.15, 0.2) is 0 Å². The second-order valence-corrected chi connectivity index (χ2v) is 6.53. The van der Waals surface area contributed by atoms with E-state index in [1.165, 1.54) is 18.4 Å². The van der Waals surface area contributed by atoms with Gasteiger partial charge in [-0.3, -0.25) is 9.78 Å². The molecule has 1 saturated heterocycles. The van der Waals surface area contributed by atoms with Crippen LogP contribution in [0.1, 0.15) is 41.4 Å². The number of rotatable bonds is 2. The molecule has 2 aliphatic heterocycles. The highest BCUT2D eigenvalue weighted by Gasteiger charge is 2.29. The van der Waals surface area contributed by atoms with Crippen LogP contribution in [-0.4, -0.2) is 44.9 Å². The maximum atomic E-state index is 12.6. The molecule has 0 N–H and O–H groups in total. The fraction of sp³-hybridized carbons (Fsp3) is 0.444. The molecule has 1 atom stereocenters. The van der Waals surface area contributed by atoms with Gasteiger partial charge in [0.2, 0.25) is 0 Å². The molecule has 0 bridgehead atoms. The van der Waals surface area contributed by atoms with Gasteiger partial charge in [-0.1, -0.05) is 0 Å². The molecule has 0 unspecified atom stereocenters. The average Bonchev–Trinajstić information content (AvgIpc) is 3.06. The van der Waals surface area contributed by atoms with Crippen LogP contribution in [0.5, 0.6) is 0 Å². The van der Waals surface area contributed by atoms with Crippen LogP contribution in [0.4, 0.5) is 5.82 Å². The molecule has 0 aromatic carbocycles. The summed E-state index contributed by atoms with van der Waals surface area (Å²) in [6.45, 7) is 4.55. The van der Waals surface area contributed by atoms with Gasteiger partial charge in [-0.05, 0) is 38.3 Å². The van der Waals surface area contributed by atoms with Crippen LogP contribution in [-0.2, 0) is 13.0 Å². The minimum atomic E-state index is 0.0171. The molecule has 6 nitrogen and oxygen atoms in total. The summed E-state index contributed by atoms with van der Waals surface area (Å²) in [6.07, 6.45) is 8.17. The molecule has 2 aromatic rings. The molecular weight excluding hydrogens is 302 g/mol. The first-order valence-corrected chi connectivity index (χ1v) is 8.52. The van der Waals surface area contributed by atoms with Crippen molar-refractivity contribution in [1.82, 2.24) is 19.9 Å². The lowest BCUT2D eigenvalue weighted by molar-refractivity contribution is 0.0731. The van der Waals surface area contributed by atoms with Crippen LogP contribution >= 0.6 is 0 Å². The van der Waals surface area contributed by atoms with Crippen molar-refractivity contribution in [2.24, 2.45) is 0 Å². The lowest BCUT2D eigenvalue weighted by Gasteiger charge is -2.32. The second-order valence-electron chi connectivity index (χ2n) is 6.53. The lowest BCUT2D eigenvalue weighted by Crippen LogP contribution is -2.38. The molecule has 24 heavy (non-hydrogen) atoms. The SMILES string of the molecule is C[C@@H]1CCCN1c1ncnc2c1CCN(C(=O)c1cccnc1)C2. The Balaban J connectivity index is 1.59. The highest BCUT2D eigenvalue weighted by Crippen LogP contribution is 2.30. The third kappa shape index (κ3) is 2.62. The Morgan fingerprint density at radius 2 is 2.21 bits per heavy atom. The summed E-state index contributed by atoms with van der Waals surface area (Å²) >= 11 is 0. The zero-order chi connectivity index (χ0) is 16.5. The molecular formula is C18H21N5O. The molecule has 4 heterocycles. The van der Waals surface area contributed by atoms with E-state index < -0.39 is 0 Å². The molecule has 6 heteroatoms. The van der Waals surface area contributed by atoms with E-state index in [2.05, 4.69) is 26.8 Å². The van der Waals surface area contributed by atoms with Crippen LogP contribution in [0, 0.1) is 0 Å². The van der Waals surface area contributed by atoms with Crippen molar-refractivity contribution in [3.8, 4) is 0 Å². The quantitative estimate of drug-likeness (QED) is 0.846. The molecule has 0 saturated carbocycles. The molecule has 0 radical (unpaired) electrons. The number of amides is 1. The van der Waals surface area contributed by atoms with Gasteiger partial charge in [-0.25, -0.2) is 9.97 Å². The fourth-order valence-corrected chi connectivity index (χ4v) is 3.68. The van der Waals surface area contributed by atoms with Crippen LogP contribution in [0.25, 0.3) is 0 Å². The highest BCUT2D eigenvalue weighted by atomic mass is 16.2. The summed E-state index contributed by atoms with van der Waals surface area (Å²) in [6, 6.07) is 4.13. The Hall–Kier alpha value is -2.50. The van der Waals surface area contributed by atoms with E-state index in [1.807, 2.05) is 11.0 Å². The first-order valence-electron chi connectivity index (χ1n) is 8.52. The summed E-state index contributed by atoms with van der Waals surface area (Å²) in [5, 5.41) is 0. The zero-order valence-corrected chi connectivity index (χ0v) is 13.9. The summed E-state index contributed by atoms with van der Waals surface area (Å²) in [4.78, 5) is 29.9. The largest absolute Gasteiger partial charge is 0.354 e. The van der Waals surface area contributed by atoms with E-state index in [0.717, 1.165) is 24.5 Å². The predicted octanol–water partition coefficient (Wildman–Crippen LogP) is 2.06. The maximum absolute atomic E-state index is 12.6. The van der Waals surface area contributed by atoms with Crippen molar-refractivity contribution in [3.05, 3.63) is 47.7 Å². The van der Waals surface area contributed by atoms with Gasteiger partial charge in [-0.15, -0.1) is 0 Å². The number of nitrogens with zero attached hydrogens (tertiary/aromatic N) is 5. The first-order chi connectivity index (χ1) is 11.7. The van der Waals surface area contributed by atoms with Crippen molar-refractivity contribution in [2.75, 3.05) is 18.0 Å². The van der Waals surface area contributed by atoms with Crippen LogP contribution in [0.2, 0.25) is 0 Å². The van der Waals surface area contributed by atoms with Gasteiger partial charge in [0.25, 0.3) is 5.91 Å². The third-order valence-electron chi connectivity index (χ3n) is 5.00. The molecule has 4 rings (SSSR count). The van der Waals surface area contributed by atoms with Gasteiger partial charge in [0.05, 0.1) is 17.8 Å². The summed E-state index contributed by atoms with van der Waals surface area (Å²) in [5.74, 6) is 1.09. The Labute approximate surface area is 141 Å². The minimum Gasteiger partial charge on any atom is -0.354 e. The number of pyridine rings is 1. The molecule has 2 aromatic heterocycles. The number of anilines is 1. The second kappa shape index (κ2) is 6.19. The van der Waals surface area contributed by atoms with Crippen LogP contribution in [0.15, 0.2) is 30.9 Å². The molecule has 0 aliphatic carbocycles. The van der Waals surface area contributed by atoms with E-state index in [-0.39, 0.29) is 5.91 Å². The van der Waals surface area contributed by atoms with Crippen molar-refractivity contribution in [2.45, 2.75) is 38.8 Å². The predicted molar refractivity (Wildman–Crippen MR) is 90.8 cm³/mol. The van der Waals surface area contributed by atoms with E-state index in [1.54, 1.807) is 24.8 Å². The van der Waals surface area contributed by atoms with Gasteiger partial charge < -0.3 is 9.80 Å². The monoisotopic (exact) mass is 323 g/mol. The lowest BCUT2D eigenvalue weighted by atomic mass is 10.0. The summed E-state index contributed by atoms with van der Waals surface area (Å²) in [5.41, 5.74) is 2.81. The van der Waals surface area contributed by atoms with Crippen molar-refractivity contribution < 1.29 is 4.79 Å². The van der Waals surface area contributed by atoms with Crippen LogP contribution < -0.4 is 4.90 Å². The van der Waals surface area contributed by atoms with Crippen LogP contribution in [0.3, 0.4) is 0 Å². The normalized spacial score (nSPS) is 20.1. The molecule has 1 fully saturated rings. The van der Waals surface area contributed by atoms with Gasteiger partial charge in [0, 0.05) is 37.1 Å². The van der Waals surface area contributed by atoms with Crippen molar-refractivity contribution in [3.63, 3.8) is 0 Å².